The van der Waals surface area contributed by atoms with Crippen molar-refractivity contribution in [2.24, 2.45) is 5.73 Å². The average Bonchev–Trinajstić information content (AvgIpc) is 3.06. The third-order valence-electron chi connectivity index (χ3n) is 5.20. The predicted molar refractivity (Wildman–Crippen MR) is 96.4 cm³/mol. The van der Waals surface area contributed by atoms with Crippen LogP contribution in [-0.4, -0.2) is 43.8 Å². The van der Waals surface area contributed by atoms with Gasteiger partial charge in [0.15, 0.2) is 0 Å². The van der Waals surface area contributed by atoms with E-state index in [1.165, 1.54) is 24.9 Å². The van der Waals surface area contributed by atoms with Crippen molar-refractivity contribution in [3.05, 3.63) is 29.8 Å². The van der Waals surface area contributed by atoms with Gasteiger partial charge in [0.25, 0.3) is 0 Å². The minimum absolute atomic E-state index is 0.253. The molecule has 3 rings (SSSR count). The third-order valence-corrected chi connectivity index (χ3v) is 5.20. The Labute approximate surface area is 144 Å². The molecule has 3 atom stereocenters. The molecule has 3 N–H and O–H groups in total. The lowest BCUT2D eigenvalue weighted by molar-refractivity contribution is 0.0526. The summed E-state index contributed by atoms with van der Waals surface area (Å²) in [6.07, 6.45) is 6.04. The maximum Gasteiger partial charge on any atom is 0.338 e. The Bertz CT molecular complexity index is 546. The lowest BCUT2D eigenvalue weighted by Crippen LogP contribution is -2.51. The van der Waals surface area contributed by atoms with Gasteiger partial charge in [0.2, 0.25) is 0 Å². The summed E-state index contributed by atoms with van der Waals surface area (Å²) in [5.74, 6) is -0.253. The van der Waals surface area contributed by atoms with Gasteiger partial charge in [0, 0.05) is 36.9 Å². The topological polar surface area (TPSA) is 67.6 Å². The van der Waals surface area contributed by atoms with Gasteiger partial charge in [-0.25, -0.2) is 4.79 Å². The van der Waals surface area contributed by atoms with Crippen molar-refractivity contribution in [1.82, 2.24) is 5.32 Å². The molecule has 1 aromatic carbocycles. The van der Waals surface area contributed by atoms with E-state index in [9.17, 15) is 4.79 Å². The summed E-state index contributed by atoms with van der Waals surface area (Å²) in [7, 11) is 0. The van der Waals surface area contributed by atoms with Gasteiger partial charge in [-0.3, -0.25) is 0 Å². The molecule has 24 heavy (non-hydrogen) atoms. The van der Waals surface area contributed by atoms with Crippen LogP contribution in [0.2, 0.25) is 0 Å². The van der Waals surface area contributed by atoms with E-state index in [1.54, 1.807) is 0 Å². The van der Waals surface area contributed by atoms with Crippen molar-refractivity contribution in [2.45, 2.75) is 57.2 Å². The van der Waals surface area contributed by atoms with E-state index in [1.807, 2.05) is 31.2 Å². The van der Waals surface area contributed by atoms with Crippen LogP contribution in [0.3, 0.4) is 0 Å². The molecule has 0 spiro atoms. The third kappa shape index (κ3) is 4.08. The lowest BCUT2D eigenvalue weighted by atomic mass is 9.90. The first-order valence-electron chi connectivity index (χ1n) is 9.21. The second-order valence-corrected chi connectivity index (χ2v) is 6.92. The Morgan fingerprint density at radius 1 is 1.25 bits per heavy atom. The Hall–Kier alpha value is -1.59. The number of nitrogens with one attached hydrogen (secondary N) is 1. The molecule has 1 heterocycles. The molecular weight excluding hydrogens is 302 g/mol. The molecule has 0 aromatic heterocycles. The van der Waals surface area contributed by atoms with E-state index in [-0.39, 0.29) is 5.97 Å². The van der Waals surface area contributed by atoms with Gasteiger partial charge in [-0.05, 0) is 50.5 Å². The number of hydrogen-bond donors (Lipinski definition) is 2. The number of rotatable bonds is 5. The zero-order valence-corrected chi connectivity index (χ0v) is 14.5. The molecule has 2 fully saturated rings. The quantitative estimate of drug-likeness (QED) is 0.811. The van der Waals surface area contributed by atoms with E-state index in [0.717, 1.165) is 25.9 Å². The minimum Gasteiger partial charge on any atom is -0.462 e. The van der Waals surface area contributed by atoms with Crippen LogP contribution in [0.4, 0.5) is 5.69 Å². The number of nitrogens with zero attached hydrogens (tertiary/aromatic N) is 1. The van der Waals surface area contributed by atoms with Crippen LogP contribution in [0.5, 0.6) is 0 Å². The Balaban J connectivity index is 1.54. The molecule has 5 nitrogen and oxygen atoms in total. The van der Waals surface area contributed by atoms with Gasteiger partial charge in [-0.15, -0.1) is 0 Å². The highest BCUT2D eigenvalue weighted by atomic mass is 16.5. The van der Waals surface area contributed by atoms with Crippen molar-refractivity contribution >= 4 is 11.7 Å². The number of anilines is 1. The molecule has 132 valence electrons. The molecule has 0 amide bonds. The highest BCUT2D eigenvalue weighted by molar-refractivity contribution is 5.89. The lowest BCUT2D eigenvalue weighted by Gasteiger charge is -2.32. The van der Waals surface area contributed by atoms with E-state index in [0.29, 0.717) is 30.3 Å². The number of carbonyl (C=O) groups excluding carboxylic acids is 1. The van der Waals surface area contributed by atoms with Crippen LogP contribution >= 0.6 is 0 Å². The molecule has 1 aromatic rings. The summed E-state index contributed by atoms with van der Waals surface area (Å²) in [5, 5.41) is 3.77. The second-order valence-electron chi connectivity index (χ2n) is 6.92. The number of hydrogen-bond acceptors (Lipinski definition) is 5. The van der Waals surface area contributed by atoms with E-state index in [4.69, 9.17) is 10.5 Å². The van der Waals surface area contributed by atoms with Gasteiger partial charge in [-0.2, -0.15) is 0 Å². The molecule has 0 bridgehead atoms. The Morgan fingerprint density at radius 2 is 2.00 bits per heavy atom. The first-order valence-corrected chi connectivity index (χ1v) is 9.21. The summed E-state index contributed by atoms with van der Waals surface area (Å²) in [5.41, 5.74) is 8.03. The minimum atomic E-state index is -0.253. The van der Waals surface area contributed by atoms with E-state index >= 15 is 0 Å². The number of benzene rings is 1. The molecule has 0 unspecified atom stereocenters. The van der Waals surface area contributed by atoms with Crippen molar-refractivity contribution < 1.29 is 9.53 Å². The Morgan fingerprint density at radius 3 is 2.71 bits per heavy atom. The van der Waals surface area contributed by atoms with Crippen LogP contribution in [0, 0.1) is 0 Å². The van der Waals surface area contributed by atoms with Crippen molar-refractivity contribution in [3.63, 3.8) is 0 Å². The molecule has 0 radical (unpaired) electrons. The molecule has 5 heteroatoms. The SMILES string of the molecule is CCOC(=O)c1ccc(N2CC[C@H](N[C@@H]3CCCC[C@H]3N)C2)cc1. The fraction of sp³-hybridized carbons (Fsp3) is 0.632. The fourth-order valence-electron chi connectivity index (χ4n) is 3.82. The highest BCUT2D eigenvalue weighted by Gasteiger charge is 2.28. The van der Waals surface area contributed by atoms with Crippen molar-refractivity contribution in [3.8, 4) is 0 Å². The van der Waals surface area contributed by atoms with Gasteiger partial charge in [0.1, 0.15) is 0 Å². The maximum atomic E-state index is 11.7. The molecule has 1 aliphatic carbocycles. The molecule has 2 aliphatic rings. The van der Waals surface area contributed by atoms with E-state index in [2.05, 4.69) is 10.2 Å². The van der Waals surface area contributed by atoms with Gasteiger partial charge in [-0.1, -0.05) is 12.8 Å². The summed E-state index contributed by atoms with van der Waals surface area (Å²) in [6.45, 7) is 4.27. The second kappa shape index (κ2) is 7.99. The first-order chi connectivity index (χ1) is 11.7. The van der Waals surface area contributed by atoms with Gasteiger partial charge >= 0.3 is 5.97 Å². The standard InChI is InChI=1S/C19H29N3O2/c1-2-24-19(23)14-7-9-16(10-8-14)22-12-11-15(13-22)21-18-6-4-3-5-17(18)20/h7-10,15,17-18,21H,2-6,11-13,20H2,1H3/t15-,17+,18+/m0/s1. The number of esters is 1. The molecule has 1 aliphatic heterocycles. The monoisotopic (exact) mass is 331 g/mol. The normalized spacial score (nSPS) is 27.2. The zero-order valence-electron chi connectivity index (χ0n) is 14.5. The highest BCUT2D eigenvalue weighted by Crippen LogP contribution is 2.23. The summed E-state index contributed by atoms with van der Waals surface area (Å²) in [6, 6.07) is 9.01. The summed E-state index contributed by atoms with van der Waals surface area (Å²) >= 11 is 0. The number of carbonyl (C=O) groups is 1. The zero-order chi connectivity index (χ0) is 16.9. The van der Waals surface area contributed by atoms with Crippen LogP contribution in [-0.2, 0) is 4.74 Å². The first kappa shape index (κ1) is 17.2. The summed E-state index contributed by atoms with van der Waals surface area (Å²) in [4.78, 5) is 14.1. The maximum absolute atomic E-state index is 11.7. The molecule has 1 saturated heterocycles. The van der Waals surface area contributed by atoms with Crippen LogP contribution in [0.25, 0.3) is 0 Å². The van der Waals surface area contributed by atoms with Gasteiger partial charge in [0.05, 0.1) is 12.2 Å². The number of nitrogens with two attached hydrogens (primary N) is 1. The number of ether oxygens (including phenoxy) is 1. The largest absolute Gasteiger partial charge is 0.462 e. The smallest absolute Gasteiger partial charge is 0.338 e. The van der Waals surface area contributed by atoms with Crippen molar-refractivity contribution in [2.75, 3.05) is 24.6 Å². The fourth-order valence-corrected chi connectivity index (χ4v) is 3.82. The predicted octanol–water partition coefficient (Wildman–Crippen LogP) is 2.30. The Kier molecular flexibility index (Phi) is 5.74. The molecular formula is C19H29N3O2. The van der Waals surface area contributed by atoms with Gasteiger partial charge < -0.3 is 20.7 Å². The summed E-state index contributed by atoms with van der Waals surface area (Å²) < 4.78 is 5.03. The van der Waals surface area contributed by atoms with Crippen LogP contribution in [0.1, 0.15) is 49.4 Å². The van der Waals surface area contributed by atoms with E-state index < -0.39 is 0 Å². The average molecular weight is 331 g/mol. The van der Waals surface area contributed by atoms with Crippen molar-refractivity contribution in [1.29, 1.82) is 0 Å². The van der Waals surface area contributed by atoms with Crippen LogP contribution < -0.4 is 16.0 Å². The molecule has 1 saturated carbocycles. The van der Waals surface area contributed by atoms with Crippen LogP contribution in [0.15, 0.2) is 24.3 Å².